The lowest BCUT2D eigenvalue weighted by molar-refractivity contribution is -1.02. The second-order valence-electron chi connectivity index (χ2n) is 7.55. The first kappa shape index (κ1) is 14.7. The normalized spacial score (nSPS) is 36.9. The van der Waals surface area contributed by atoms with Crippen LogP contribution in [0.25, 0.3) is 0 Å². The summed E-state index contributed by atoms with van der Waals surface area (Å²) in [5.41, 5.74) is 1.42. The summed E-state index contributed by atoms with van der Waals surface area (Å²) in [4.78, 5) is 3.59. The van der Waals surface area contributed by atoms with Crippen LogP contribution in [0, 0.1) is 17.8 Å². The minimum atomic E-state index is 0.841. The summed E-state index contributed by atoms with van der Waals surface area (Å²) in [6.07, 6.45) is 7.88. The molecule has 1 aromatic rings. The molecule has 0 amide bonds. The van der Waals surface area contributed by atoms with E-state index in [0.29, 0.717) is 0 Å². The van der Waals surface area contributed by atoms with Crippen molar-refractivity contribution < 1.29 is 9.80 Å². The van der Waals surface area contributed by atoms with E-state index in [9.17, 15) is 0 Å². The summed E-state index contributed by atoms with van der Waals surface area (Å²) in [6, 6.07) is 8.38. The molecule has 3 heteroatoms. The first-order chi connectivity index (χ1) is 10.8. The SMILES string of the molecule is Clc1ccc(C[NH+]2CC[NH+](C[C@@H]3C[C@@H]4C=C[C@H]3C4)CC2)cc1. The Morgan fingerprint density at radius 3 is 2.27 bits per heavy atom. The lowest BCUT2D eigenvalue weighted by atomic mass is 9.93. The van der Waals surface area contributed by atoms with Crippen molar-refractivity contribution in [3.8, 4) is 0 Å². The van der Waals surface area contributed by atoms with Gasteiger partial charge in [0.25, 0.3) is 0 Å². The van der Waals surface area contributed by atoms with E-state index in [1.807, 2.05) is 17.0 Å². The molecule has 2 N–H and O–H groups in total. The lowest BCUT2D eigenvalue weighted by Gasteiger charge is -2.32. The molecule has 118 valence electrons. The van der Waals surface area contributed by atoms with Crippen molar-refractivity contribution in [2.45, 2.75) is 19.4 Å². The van der Waals surface area contributed by atoms with Gasteiger partial charge in [-0.2, -0.15) is 0 Å². The van der Waals surface area contributed by atoms with Crippen LogP contribution >= 0.6 is 11.6 Å². The van der Waals surface area contributed by atoms with Gasteiger partial charge in [-0.05, 0) is 36.8 Å². The van der Waals surface area contributed by atoms with Gasteiger partial charge in [0.05, 0.1) is 6.54 Å². The topological polar surface area (TPSA) is 8.88 Å². The maximum absolute atomic E-state index is 5.97. The Balaban J connectivity index is 1.24. The van der Waals surface area contributed by atoms with Crippen LogP contribution in [0.1, 0.15) is 18.4 Å². The van der Waals surface area contributed by atoms with Crippen LogP contribution in [0.2, 0.25) is 5.02 Å². The highest BCUT2D eigenvalue weighted by molar-refractivity contribution is 6.30. The van der Waals surface area contributed by atoms with Crippen LogP contribution in [0.3, 0.4) is 0 Å². The highest BCUT2D eigenvalue weighted by atomic mass is 35.5. The van der Waals surface area contributed by atoms with Gasteiger partial charge in [-0.3, -0.25) is 0 Å². The Hall–Kier alpha value is -0.830. The smallest absolute Gasteiger partial charge is 0.127 e. The molecule has 0 aromatic heterocycles. The molecule has 1 saturated heterocycles. The zero-order valence-corrected chi connectivity index (χ0v) is 14.0. The van der Waals surface area contributed by atoms with E-state index in [2.05, 4.69) is 24.3 Å². The number of hydrogen-bond acceptors (Lipinski definition) is 0. The van der Waals surface area contributed by atoms with Gasteiger partial charge in [-0.1, -0.05) is 35.9 Å². The molecule has 2 fully saturated rings. The quantitative estimate of drug-likeness (QED) is 0.761. The third kappa shape index (κ3) is 3.24. The van der Waals surface area contributed by atoms with Gasteiger partial charge in [0.1, 0.15) is 32.7 Å². The predicted molar refractivity (Wildman–Crippen MR) is 90.3 cm³/mol. The van der Waals surface area contributed by atoms with E-state index in [4.69, 9.17) is 11.6 Å². The number of quaternary nitrogens is 2. The van der Waals surface area contributed by atoms with Gasteiger partial charge in [0, 0.05) is 16.5 Å². The average molecular weight is 319 g/mol. The number of benzene rings is 1. The molecule has 1 heterocycles. The highest BCUT2D eigenvalue weighted by Gasteiger charge is 2.38. The fourth-order valence-electron chi connectivity index (χ4n) is 4.73. The van der Waals surface area contributed by atoms with Gasteiger partial charge in [-0.15, -0.1) is 0 Å². The zero-order valence-electron chi connectivity index (χ0n) is 13.2. The van der Waals surface area contributed by atoms with Gasteiger partial charge in [0.2, 0.25) is 0 Å². The van der Waals surface area contributed by atoms with E-state index in [0.717, 1.165) is 29.3 Å². The minimum absolute atomic E-state index is 0.841. The van der Waals surface area contributed by atoms with E-state index < -0.39 is 0 Å². The number of halogens is 1. The largest absolute Gasteiger partial charge is 0.325 e. The van der Waals surface area contributed by atoms with Gasteiger partial charge < -0.3 is 9.80 Å². The van der Waals surface area contributed by atoms with Crippen molar-refractivity contribution >= 4 is 11.6 Å². The second-order valence-corrected chi connectivity index (χ2v) is 7.98. The summed E-state index contributed by atoms with van der Waals surface area (Å²) in [6.45, 7) is 7.89. The monoisotopic (exact) mass is 318 g/mol. The van der Waals surface area contributed by atoms with Crippen molar-refractivity contribution in [3.63, 3.8) is 0 Å². The fraction of sp³-hybridized carbons (Fsp3) is 0.579. The molecule has 3 aliphatic rings. The summed E-state index contributed by atoms with van der Waals surface area (Å²) in [5.74, 6) is 2.81. The van der Waals surface area contributed by atoms with Crippen LogP contribution in [-0.2, 0) is 6.54 Å². The molecular formula is C19H27ClN2+2. The number of hydrogen-bond donors (Lipinski definition) is 2. The molecule has 1 aliphatic heterocycles. The molecule has 22 heavy (non-hydrogen) atoms. The van der Waals surface area contributed by atoms with Crippen LogP contribution in [0.15, 0.2) is 36.4 Å². The van der Waals surface area contributed by atoms with E-state index in [1.54, 1.807) is 4.90 Å². The lowest BCUT2D eigenvalue weighted by Crippen LogP contribution is -3.27. The molecular weight excluding hydrogens is 292 g/mol. The Kier molecular flexibility index (Phi) is 4.25. The fourth-order valence-corrected chi connectivity index (χ4v) is 4.86. The number of rotatable bonds is 4. The maximum Gasteiger partial charge on any atom is 0.127 e. The number of fused-ring (bicyclic) bond motifs is 2. The Morgan fingerprint density at radius 1 is 0.909 bits per heavy atom. The van der Waals surface area contributed by atoms with E-state index in [-0.39, 0.29) is 0 Å². The molecule has 3 atom stereocenters. The second kappa shape index (κ2) is 6.35. The summed E-state index contributed by atoms with van der Waals surface area (Å²) in [7, 11) is 0. The Labute approximate surface area is 138 Å². The van der Waals surface area contributed by atoms with Crippen molar-refractivity contribution in [1.29, 1.82) is 0 Å². The van der Waals surface area contributed by atoms with Crippen molar-refractivity contribution in [2.75, 3.05) is 32.7 Å². The third-order valence-electron chi connectivity index (χ3n) is 6.00. The van der Waals surface area contributed by atoms with E-state index >= 15 is 0 Å². The van der Waals surface area contributed by atoms with Crippen LogP contribution in [-0.4, -0.2) is 32.7 Å². The van der Waals surface area contributed by atoms with Crippen LogP contribution in [0.5, 0.6) is 0 Å². The van der Waals surface area contributed by atoms with Crippen molar-refractivity contribution in [3.05, 3.63) is 47.0 Å². The van der Waals surface area contributed by atoms with Crippen LogP contribution < -0.4 is 9.80 Å². The molecule has 2 nitrogen and oxygen atoms in total. The van der Waals surface area contributed by atoms with Gasteiger partial charge in [-0.25, -0.2) is 0 Å². The molecule has 0 radical (unpaired) electrons. The Morgan fingerprint density at radius 2 is 1.64 bits per heavy atom. The predicted octanol–water partition coefficient (Wildman–Crippen LogP) is 0.836. The third-order valence-corrected chi connectivity index (χ3v) is 6.25. The summed E-state index contributed by atoms with van der Waals surface area (Å²) in [5, 5.41) is 0.841. The molecule has 4 rings (SSSR count). The standard InChI is InChI=1S/C19H25ClN2/c20-19-5-2-15(3-6-19)13-21-7-9-22(10-8-21)14-18-12-16-1-4-17(18)11-16/h1-6,16-18H,7-14H2/p+2/t16-,17+,18+/m1/s1. The van der Waals surface area contributed by atoms with E-state index in [1.165, 1.54) is 51.1 Å². The summed E-state index contributed by atoms with van der Waals surface area (Å²) >= 11 is 5.97. The Bertz CT molecular complexity index is 531. The van der Waals surface area contributed by atoms with Crippen molar-refractivity contribution in [2.24, 2.45) is 17.8 Å². The van der Waals surface area contributed by atoms with Gasteiger partial charge >= 0.3 is 0 Å². The van der Waals surface area contributed by atoms with Crippen LogP contribution in [0.4, 0.5) is 0 Å². The summed E-state index contributed by atoms with van der Waals surface area (Å²) < 4.78 is 0. The number of piperazine rings is 1. The first-order valence-corrected chi connectivity index (χ1v) is 9.24. The average Bonchev–Trinajstić information content (AvgIpc) is 3.14. The molecule has 2 bridgehead atoms. The number of nitrogens with one attached hydrogen (secondary N) is 2. The molecule has 1 aromatic carbocycles. The molecule has 2 aliphatic carbocycles. The maximum atomic E-state index is 5.97. The van der Waals surface area contributed by atoms with Gasteiger partial charge in [0.15, 0.2) is 0 Å². The molecule has 1 saturated carbocycles. The van der Waals surface area contributed by atoms with Crippen molar-refractivity contribution in [1.82, 2.24) is 0 Å². The number of allylic oxidation sites excluding steroid dienone is 2. The zero-order chi connectivity index (χ0) is 14.9. The minimum Gasteiger partial charge on any atom is -0.325 e. The molecule has 0 spiro atoms. The first-order valence-electron chi connectivity index (χ1n) is 8.86. The molecule has 0 unspecified atom stereocenters. The highest BCUT2D eigenvalue weighted by Crippen LogP contribution is 2.42.